The van der Waals surface area contributed by atoms with E-state index in [2.05, 4.69) is 25.6 Å². The third-order valence-electron chi connectivity index (χ3n) is 4.89. The molecule has 1 aromatic carbocycles. The minimum Gasteiger partial charge on any atom is -0.486 e. The van der Waals surface area contributed by atoms with Crippen molar-refractivity contribution in [1.29, 1.82) is 0 Å². The van der Waals surface area contributed by atoms with E-state index in [0.29, 0.717) is 0 Å². The van der Waals surface area contributed by atoms with Crippen molar-refractivity contribution in [2.75, 3.05) is 0 Å². The van der Waals surface area contributed by atoms with Crippen molar-refractivity contribution >= 4 is 5.97 Å². The number of esters is 1. The molecule has 1 saturated carbocycles. The Kier molecular flexibility index (Phi) is 8.58. The summed E-state index contributed by atoms with van der Waals surface area (Å²) in [6.45, 7) is 5.70. The van der Waals surface area contributed by atoms with E-state index in [9.17, 15) is 4.79 Å². The van der Waals surface area contributed by atoms with E-state index < -0.39 is 0 Å². The van der Waals surface area contributed by atoms with Crippen molar-refractivity contribution in [2.24, 2.45) is 0 Å². The molecule has 0 aromatic heterocycles. The Balaban J connectivity index is 1.76. The zero-order chi connectivity index (χ0) is 17.9. The fraction of sp³-hybridized carbons (Fsp3) is 0.591. The molecule has 138 valence electrons. The molecule has 1 aliphatic rings. The van der Waals surface area contributed by atoms with Crippen molar-refractivity contribution in [3.8, 4) is 5.75 Å². The molecular weight excluding hydrogens is 312 g/mol. The third-order valence-corrected chi connectivity index (χ3v) is 4.89. The summed E-state index contributed by atoms with van der Waals surface area (Å²) < 4.78 is 11.5. The number of aryl methyl sites for hydroxylation is 1. The van der Waals surface area contributed by atoms with Gasteiger partial charge in [-0.25, -0.2) is 4.79 Å². The van der Waals surface area contributed by atoms with Gasteiger partial charge in [0.15, 0.2) is 0 Å². The smallest absolute Gasteiger partial charge is 0.330 e. The molecule has 0 saturated heterocycles. The van der Waals surface area contributed by atoms with Crippen LogP contribution < -0.4 is 4.74 Å². The van der Waals surface area contributed by atoms with E-state index in [1.807, 2.05) is 12.1 Å². The first-order chi connectivity index (χ1) is 12.2. The quantitative estimate of drug-likeness (QED) is 0.280. The van der Waals surface area contributed by atoms with Crippen molar-refractivity contribution in [3.63, 3.8) is 0 Å². The SMILES string of the molecule is C=CC(=O)OC1CCC1Oc1ccccc1CCCCCCCCC. The monoisotopic (exact) mass is 344 g/mol. The first-order valence-corrected chi connectivity index (χ1v) is 9.82. The van der Waals surface area contributed by atoms with Gasteiger partial charge in [-0.2, -0.15) is 0 Å². The maximum absolute atomic E-state index is 11.4. The molecule has 1 aliphatic carbocycles. The number of unbranched alkanes of at least 4 members (excludes halogenated alkanes) is 6. The van der Waals surface area contributed by atoms with Crippen LogP contribution in [-0.2, 0) is 16.0 Å². The Hall–Kier alpha value is -1.77. The molecule has 3 heteroatoms. The molecule has 0 bridgehead atoms. The first-order valence-electron chi connectivity index (χ1n) is 9.82. The normalized spacial score (nSPS) is 19.1. The zero-order valence-corrected chi connectivity index (χ0v) is 15.5. The fourth-order valence-electron chi connectivity index (χ4n) is 3.17. The van der Waals surface area contributed by atoms with Gasteiger partial charge < -0.3 is 9.47 Å². The second-order valence-corrected chi connectivity index (χ2v) is 6.89. The summed E-state index contributed by atoms with van der Waals surface area (Å²) in [4.78, 5) is 11.4. The van der Waals surface area contributed by atoms with Gasteiger partial charge in [-0.15, -0.1) is 0 Å². The van der Waals surface area contributed by atoms with Crippen molar-refractivity contribution < 1.29 is 14.3 Å². The van der Waals surface area contributed by atoms with Crippen LogP contribution in [0.15, 0.2) is 36.9 Å². The second-order valence-electron chi connectivity index (χ2n) is 6.89. The standard InChI is InChI=1S/C22H32O3/c1-3-5-6-7-8-9-10-13-18-14-11-12-15-19(18)24-20-16-17-21(20)25-22(23)4-2/h4,11-12,14-15,20-21H,2-3,5-10,13,16-17H2,1H3. The van der Waals surface area contributed by atoms with Crippen LogP contribution in [0, 0.1) is 0 Å². The summed E-state index contributed by atoms with van der Waals surface area (Å²) in [5.41, 5.74) is 1.26. The predicted octanol–water partition coefficient (Wildman–Crippen LogP) is 5.62. The summed E-state index contributed by atoms with van der Waals surface area (Å²) in [6.07, 6.45) is 13.1. The molecule has 2 atom stereocenters. The van der Waals surface area contributed by atoms with Crippen LogP contribution in [0.1, 0.15) is 70.3 Å². The summed E-state index contributed by atoms with van der Waals surface area (Å²) in [7, 11) is 0. The number of ether oxygens (including phenoxy) is 2. The molecular formula is C22H32O3. The maximum atomic E-state index is 11.4. The number of hydrogen-bond acceptors (Lipinski definition) is 3. The zero-order valence-electron chi connectivity index (χ0n) is 15.5. The van der Waals surface area contributed by atoms with Gasteiger partial charge in [0, 0.05) is 6.08 Å². The lowest BCUT2D eigenvalue weighted by atomic mass is 9.91. The summed E-state index contributed by atoms with van der Waals surface area (Å²) in [5, 5.41) is 0. The van der Waals surface area contributed by atoms with E-state index in [4.69, 9.17) is 9.47 Å². The molecule has 0 aliphatic heterocycles. The molecule has 2 rings (SSSR count). The molecule has 0 spiro atoms. The van der Waals surface area contributed by atoms with Gasteiger partial charge in [-0.05, 0) is 37.3 Å². The van der Waals surface area contributed by atoms with Crippen molar-refractivity contribution in [1.82, 2.24) is 0 Å². The molecule has 25 heavy (non-hydrogen) atoms. The molecule has 0 radical (unpaired) electrons. The summed E-state index contributed by atoms with van der Waals surface area (Å²) >= 11 is 0. The molecule has 0 heterocycles. The van der Waals surface area contributed by atoms with Gasteiger partial charge >= 0.3 is 5.97 Å². The van der Waals surface area contributed by atoms with Gasteiger partial charge in [0.05, 0.1) is 0 Å². The van der Waals surface area contributed by atoms with Crippen LogP contribution in [0.25, 0.3) is 0 Å². The number of carbonyl (C=O) groups excluding carboxylic acids is 1. The maximum Gasteiger partial charge on any atom is 0.330 e. The van der Waals surface area contributed by atoms with Crippen molar-refractivity contribution in [2.45, 2.75) is 83.3 Å². The molecule has 3 nitrogen and oxygen atoms in total. The largest absolute Gasteiger partial charge is 0.486 e. The Bertz CT molecular complexity index is 538. The van der Waals surface area contributed by atoms with E-state index >= 15 is 0 Å². The molecule has 2 unspecified atom stereocenters. The average molecular weight is 344 g/mol. The lowest BCUT2D eigenvalue weighted by Gasteiger charge is -2.36. The van der Waals surface area contributed by atoms with E-state index in [0.717, 1.165) is 25.0 Å². The minimum atomic E-state index is -0.366. The number of hydrogen-bond donors (Lipinski definition) is 0. The average Bonchev–Trinajstić information content (AvgIpc) is 2.63. The molecule has 1 aromatic rings. The highest BCUT2D eigenvalue weighted by Crippen LogP contribution is 2.31. The van der Waals surface area contributed by atoms with Gasteiger partial charge in [-0.3, -0.25) is 0 Å². The molecule has 1 fully saturated rings. The van der Waals surface area contributed by atoms with Gasteiger partial charge in [0.2, 0.25) is 0 Å². The third kappa shape index (κ3) is 6.56. The topological polar surface area (TPSA) is 35.5 Å². The highest BCUT2D eigenvalue weighted by Gasteiger charge is 2.36. The van der Waals surface area contributed by atoms with Gasteiger partial charge in [-0.1, -0.05) is 70.2 Å². The van der Waals surface area contributed by atoms with Crippen LogP contribution in [0.4, 0.5) is 0 Å². The van der Waals surface area contributed by atoms with Gasteiger partial charge in [0.1, 0.15) is 18.0 Å². The summed E-state index contributed by atoms with van der Waals surface area (Å²) in [5.74, 6) is 0.576. The lowest BCUT2D eigenvalue weighted by Crippen LogP contribution is -2.44. The predicted molar refractivity (Wildman–Crippen MR) is 102 cm³/mol. The number of benzene rings is 1. The van der Waals surface area contributed by atoms with Crippen LogP contribution in [-0.4, -0.2) is 18.2 Å². The number of rotatable bonds is 12. The van der Waals surface area contributed by atoms with E-state index in [1.165, 1.54) is 56.6 Å². The molecule has 0 amide bonds. The highest BCUT2D eigenvalue weighted by atomic mass is 16.6. The highest BCUT2D eigenvalue weighted by molar-refractivity contribution is 5.81. The Labute approximate surface area is 152 Å². The Morgan fingerprint density at radius 2 is 1.76 bits per heavy atom. The van der Waals surface area contributed by atoms with Crippen LogP contribution in [0.3, 0.4) is 0 Å². The first kappa shape index (κ1) is 19.6. The van der Waals surface area contributed by atoms with Crippen LogP contribution in [0.2, 0.25) is 0 Å². The van der Waals surface area contributed by atoms with Gasteiger partial charge in [0.25, 0.3) is 0 Å². The number of carbonyl (C=O) groups is 1. The fourth-order valence-corrected chi connectivity index (χ4v) is 3.17. The summed E-state index contributed by atoms with van der Waals surface area (Å²) in [6, 6.07) is 8.25. The Morgan fingerprint density at radius 3 is 2.44 bits per heavy atom. The second kappa shape index (κ2) is 11.0. The minimum absolute atomic E-state index is 0.0286. The van der Waals surface area contributed by atoms with Crippen LogP contribution >= 0.6 is 0 Å². The lowest BCUT2D eigenvalue weighted by molar-refractivity contribution is -0.156. The molecule has 0 N–H and O–H groups in total. The van der Waals surface area contributed by atoms with E-state index in [1.54, 1.807) is 0 Å². The Morgan fingerprint density at radius 1 is 1.08 bits per heavy atom. The number of para-hydroxylation sites is 1. The van der Waals surface area contributed by atoms with E-state index in [-0.39, 0.29) is 18.2 Å². The van der Waals surface area contributed by atoms with Crippen LogP contribution in [0.5, 0.6) is 5.75 Å². The van der Waals surface area contributed by atoms with Crippen molar-refractivity contribution in [3.05, 3.63) is 42.5 Å².